The molecule has 8 nitrogen and oxygen atoms in total. The zero-order valence-electron chi connectivity index (χ0n) is 14.7. The van der Waals surface area contributed by atoms with Gasteiger partial charge in [0.15, 0.2) is 6.10 Å². The van der Waals surface area contributed by atoms with Crippen molar-refractivity contribution in [1.82, 2.24) is 15.5 Å². The molecule has 2 N–H and O–H groups in total. The lowest BCUT2D eigenvalue weighted by atomic mass is 9.92. The molecular weight excluding hydrogens is 338 g/mol. The molecule has 8 heteroatoms. The smallest absolute Gasteiger partial charge is 0.327 e. The monoisotopic (exact) mass is 359 g/mol. The van der Waals surface area contributed by atoms with E-state index in [0.717, 1.165) is 4.90 Å². The topological polar surface area (TPSA) is 105 Å². The number of carbonyl (C=O) groups is 4. The first kappa shape index (κ1) is 19.2. The van der Waals surface area contributed by atoms with E-state index in [0.29, 0.717) is 5.56 Å². The summed E-state index contributed by atoms with van der Waals surface area (Å²) in [4.78, 5) is 49.4. The number of nitrogens with zero attached hydrogens (tertiary/aromatic N) is 1. The van der Waals surface area contributed by atoms with Crippen molar-refractivity contribution in [2.24, 2.45) is 0 Å². The van der Waals surface area contributed by atoms with Gasteiger partial charge in [0.05, 0.1) is 0 Å². The first-order valence-corrected chi connectivity index (χ1v) is 8.07. The molecule has 1 heterocycles. The summed E-state index contributed by atoms with van der Waals surface area (Å²) in [7, 11) is 0. The Labute approximate surface area is 151 Å². The van der Waals surface area contributed by atoms with E-state index in [4.69, 9.17) is 4.74 Å². The van der Waals surface area contributed by atoms with Crippen molar-refractivity contribution < 1.29 is 23.9 Å². The van der Waals surface area contributed by atoms with Gasteiger partial charge >= 0.3 is 12.0 Å². The van der Waals surface area contributed by atoms with E-state index in [9.17, 15) is 19.2 Å². The molecule has 1 aromatic carbocycles. The van der Waals surface area contributed by atoms with Gasteiger partial charge in [-0.25, -0.2) is 4.79 Å². The number of amides is 4. The Bertz CT molecular complexity index is 734. The molecule has 1 saturated heterocycles. The molecule has 1 aromatic rings. The maximum Gasteiger partial charge on any atom is 0.327 e. The number of urea groups is 1. The Kier molecular flexibility index (Phi) is 5.76. The Morgan fingerprint density at radius 2 is 2.00 bits per heavy atom. The number of benzene rings is 1. The Hall–Kier alpha value is -3.16. The van der Waals surface area contributed by atoms with Gasteiger partial charge in [0.1, 0.15) is 12.1 Å². The normalized spacial score (nSPS) is 20.3. The molecule has 1 aliphatic rings. The van der Waals surface area contributed by atoms with Crippen molar-refractivity contribution in [2.75, 3.05) is 13.1 Å². The molecule has 138 valence electrons. The van der Waals surface area contributed by atoms with Crippen LogP contribution in [0.5, 0.6) is 0 Å². The standard InChI is InChI=1S/C18H21N3O5/c1-4-10-19-15(23)12(2)26-14(22)11-21-16(24)18(3,20-17(21)25)13-8-6-5-7-9-13/h4-9,12H,1,10-11H2,2-3H3,(H,19,23)(H,20,25)/t12-,18-/m1/s1. The van der Waals surface area contributed by atoms with E-state index in [1.54, 1.807) is 37.3 Å². The largest absolute Gasteiger partial charge is 0.451 e. The minimum absolute atomic E-state index is 0.239. The highest BCUT2D eigenvalue weighted by Crippen LogP contribution is 2.28. The van der Waals surface area contributed by atoms with Crippen LogP contribution in [0.1, 0.15) is 19.4 Å². The summed E-state index contributed by atoms with van der Waals surface area (Å²) < 4.78 is 4.98. The second-order valence-electron chi connectivity index (χ2n) is 5.98. The van der Waals surface area contributed by atoms with E-state index in [1.165, 1.54) is 13.0 Å². The number of hydrogen-bond acceptors (Lipinski definition) is 5. The second-order valence-corrected chi connectivity index (χ2v) is 5.98. The number of ether oxygens (including phenoxy) is 1. The van der Waals surface area contributed by atoms with Gasteiger partial charge in [-0.3, -0.25) is 19.3 Å². The number of esters is 1. The fourth-order valence-corrected chi connectivity index (χ4v) is 2.54. The average Bonchev–Trinajstić information content (AvgIpc) is 2.84. The van der Waals surface area contributed by atoms with E-state index in [1.807, 2.05) is 0 Å². The molecule has 0 radical (unpaired) electrons. The van der Waals surface area contributed by atoms with Crippen LogP contribution in [-0.2, 0) is 24.7 Å². The molecule has 0 aromatic heterocycles. The van der Waals surface area contributed by atoms with Crippen LogP contribution in [0.4, 0.5) is 4.79 Å². The van der Waals surface area contributed by atoms with Gasteiger partial charge in [0.2, 0.25) is 0 Å². The summed E-state index contributed by atoms with van der Waals surface area (Å²) in [5.41, 5.74) is -0.655. The van der Waals surface area contributed by atoms with Gasteiger partial charge in [-0.05, 0) is 19.4 Å². The van der Waals surface area contributed by atoms with E-state index >= 15 is 0 Å². The maximum atomic E-state index is 12.7. The fraction of sp³-hybridized carbons (Fsp3) is 0.333. The Morgan fingerprint density at radius 3 is 2.62 bits per heavy atom. The molecule has 1 aliphatic heterocycles. The van der Waals surface area contributed by atoms with Gasteiger partial charge < -0.3 is 15.4 Å². The van der Waals surface area contributed by atoms with Gasteiger partial charge in [0, 0.05) is 6.54 Å². The minimum atomic E-state index is -1.26. The molecule has 0 saturated carbocycles. The predicted octanol–water partition coefficient (Wildman–Crippen LogP) is 0.687. The minimum Gasteiger partial charge on any atom is -0.451 e. The van der Waals surface area contributed by atoms with Crippen molar-refractivity contribution in [2.45, 2.75) is 25.5 Å². The number of hydrogen-bond donors (Lipinski definition) is 2. The predicted molar refractivity (Wildman–Crippen MR) is 92.8 cm³/mol. The van der Waals surface area contributed by atoms with Crippen LogP contribution in [-0.4, -0.2) is 47.9 Å². The molecule has 0 bridgehead atoms. The first-order chi connectivity index (χ1) is 12.3. The lowest BCUT2D eigenvalue weighted by Crippen LogP contribution is -2.42. The molecule has 0 spiro atoms. The molecule has 2 atom stereocenters. The van der Waals surface area contributed by atoms with Gasteiger partial charge in [-0.2, -0.15) is 0 Å². The van der Waals surface area contributed by atoms with Crippen molar-refractivity contribution in [3.8, 4) is 0 Å². The first-order valence-electron chi connectivity index (χ1n) is 8.07. The Balaban J connectivity index is 2.02. The highest BCUT2D eigenvalue weighted by molar-refractivity contribution is 6.08. The number of imide groups is 1. The van der Waals surface area contributed by atoms with Crippen molar-refractivity contribution in [3.05, 3.63) is 48.6 Å². The molecule has 0 aliphatic carbocycles. The number of carbonyl (C=O) groups excluding carboxylic acids is 4. The highest BCUT2D eigenvalue weighted by atomic mass is 16.5. The summed E-state index contributed by atoms with van der Waals surface area (Å²) in [5, 5.41) is 5.08. The van der Waals surface area contributed by atoms with Gasteiger partial charge in [-0.15, -0.1) is 6.58 Å². The van der Waals surface area contributed by atoms with Crippen molar-refractivity contribution >= 4 is 23.8 Å². The van der Waals surface area contributed by atoms with E-state index < -0.39 is 42.0 Å². The molecule has 0 unspecified atom stereocenters. The van der Waals surface area contributed by atoms with Crippen LogP contribution >= 0.6 is 0 Å². The van der Waals surface area contributed by atoms with Crippen LogP contribution in [0.3, 0.4) is 0 Å². The lowest BCUT2D eigenvalue weighted by Gasteiger charge is -2.22. The lowest BCUT2D eigenvalue weighted by molar-refractivity contribution is -0.156. The molecule has 1 fully saturated rings. The number of rotatable bonds is 7. The second kappa shape index (κ2) is 7.81. The van der Waals surface area contributed by atoms with E-state index in [2.05, 4.69) is 17.2 Å². The van der Waals surface area contributed by atoms with Crippen molar-refractivity contribution in [3.63, 3.8) is 0 Å². The summed E-state index contributed by atoms with van der Waals surface area (Å²) >= 11 is 0. The van der Waals surface area contributed by atoms with Crippen LogP contribution in [0, 0.1) is 0 Å². The third-order valence-corrected chi connectivity index (χ3v) is 4.01. The third-order valence-electron chi connectivity index (χ3n) is 4.01. The van der Waals surface area contributed by atoms with Crippen LogP contribution in [0.15, 0.2) is 43.0 Å². The summed E-state index contributed by atoms with van der Waals surface area (Å²) in [6, 6.07) is 8.03. The van der Waals surface area contributed by atoms with Crippen LogP contribution < -0.4 is 10.6 Å². The Morgan fingerprint density at radius 1 is 1.35 bits per heavy atom. The zero-order valence-corrected chi connectivity index (χ0v) is 14.7. The average molecular weight is 359 g/mol. The zero-order chi connectivity index (χ0) is 19.3. The summed E-state index contributed by atoms with van der Waals surface area (Å²) in [6.45, 7) is 6.10. The maximum absolute atomic E-state index is 12.7. The molecule has 26 heavy (non-hydrogen) atoms. The third kappa shape index (κ3) is 3.90. The van der Waals surface area contributed by atoms with Crippen LogP contribution in [0.2, 0.25) is 0 Å². The quantitative estimate of drug-likeness (QED) is 0.423. The highest BCUT2D eigenvalue weighted by Gasteiger charge is 2.49. The SMILES string of the molecule is C=CCNC(=O)[C@@H](C)OC(=O)CN1C(=O)N[C@](C)(c2ccccc2)C1=O. The fourth-order valence-electron chi connectivity index (χ4n) is 2.54. The van der Waals surface area contributed by atoms with E-state index in [-0.39, 0.29) is 6.54 Å². The molecule has 4 amide bonds. The number of nitrogens with one attached hydrogen (secondary N) is 2. The van der Waals surface area contributed by atoms with Gasteiger partial charge in [-0.1, -0.05) is 36.4 Å². The van der Waals surface area contributed by atoms with Crippen molar-refractivity contribution in [1.29, 1.82) is 0 Å². The van der Waals surface area contributed by atoms with Gasteiger partial charge in [0.25, 0.3) is 11.8 Å². The summed E-state index contributed by atoms with van der Waals surface area (Å²) in [6.07, 6.45) is 0.438. The summed E-state index contributed by atoms with van der Waals surface area (Å²) in [5.74, 6) is -1.91. The molecular formula is C18H21N3O5. The van der Waals surface area contributed by atoms with Crippen LogP contribution in [0.25, 0.3) is 0 Å². The molecule has 2 rings (SSSR count).